The first kappa shape index (κ1) is 16.2. The van der Waals surface area contributed by atoms with E-state index in [0.717, 1.165) is 21.2 Å². The third kappa shape index (κ3) is 2.72. The van der Waals surface area contributed by atoms with Crippen LogP contribution in [0.4, 0.5) is 16.2 Å². The number of Topliss-reactive ketones (excluding diaryl/α,β-unsaturated/α-hetero) is 1. The fourth-order valence-electron chi connectivity index (χ4n) is 3.49. The molecule has 4 rings (SSSR count). The predicted molar refractivity (Wildman–Crippen MR) is 99.5 cm³/mol. The van der Waals surface area contributed by atoms with E-state index in [2.05, 4.69) is 0 Å². The monoisotopic (exact) mass is 352 g/mol. The molecule has 0 unspecified atom stereocenters. The normalized spacial score (nSPS) is 22.4. The largest absolute Gasteiger partial charge is 0.329 e. The van der Waals surface area contributed by atoms with Gasteiger partial charge in [0.2, 0.25) is 0 Å². The van der Waals surface area contributed by atoms with Gasteiger partial charge in [-0.05, 0) is 31.2 Å². The molecular formula is C20H20N2O2S. The molecule has 0 radical (unpaired) electrons. The molecule has 0 spiro atoms. The fraction of sp³-hybridized carbons (Fsp3) is 0.300. The van der Waals surface area contributed by atoms with Gasteiger partial charge in [0.25, 0.3) is 0 Å². The maximum absolute atomic E-state index is 13.5. The second-order valence-corrected chi connectivity index (χ2v) is 7.81. The van der Waals surface area contributed by atoms with E-state index < -0.39 is 0 Å². The zero-order valence-corrected chi connectivity index (χ0v) is 15.1. The van der Waals surface area contributed by atoms with Crippen molar-refractivity contribution in [3.8, 4) is 0 Å². The van der Waals surface area contributed by atoms with Crippen LogP contribution in [-0.2, 0) is 4.79 Å². The van der Waals surface area contributed by atoms with Gasteiger partial charge in [0, 0.05) is 34.7 Å². The van der Waals surface area contributed by atoms with Crippen LogP contribution in [0.3, 0.4) is 0 Å². The minimum Gasteiger partial charge on any atom is -0.320 e. The van der Waals surface area contributed by atoms with Crippen LogP contribution in [0.15, 0.2) is 58.3 Å². The first-order valence-corrected chi connectivity index (χ1v) is 9.37. The fourth-order valence-corrected chi connectivity index (χ4v) is 4.54. The maximum Gasteiger partial charge on any atom is 0.329 e. The van der Waals surface area contributed by atoms with Gasteiger partial charge in [-0.15, -0.1) is 0 Å². The van der Waals surface area contributed by atoms with Crippen LogP contribution in [0.5, 0.6) is 0 Å². The molecule has 2 aromatic rings. The van der Waals surface area contributed by atoms with Crippen molar-refractivity contribution >= 4 is 35.0 Å². The number of anilines is 2. The van der Waals surface area contributed by atoms with E-state index in [0.29, 0.717) is 13.0 Å². The molecule has 1 fully saturated rings. The Balaban J connectivity index is 1.77. The Hall–Kier alpha value is -2.27. The molecule has 2 aliphatic rings. The van der Waals surface area contributed by atoms with Crippen molar-refractivity contribution < 1.29 is 9.59 Å². The maximum atomic E-state index is 13.5. The van der Waals surface area contributed by atoms with Gasteiger partial charge in [-0.25, -0.2) is 4.79 Å². The van der Waals surface area contributed by atoms with E-state index in [1.807, 2.05) is 67.3 Å². The van der Waals surface area contributed by atoms with E-state index >= 15 is 0 Å². The lowest BCUT2D eigenvalue weighted by molar-refractivity contribution is -0.126. The number of carbonyl (C=O) groups is 2. The van der Waals surface area contributed by atoms with Crippen molar-refractivity contribution in [3.63, 3.8) is 0 Å². The first-order valence-electron chi connectivity index (χ1n) is 8.55. The number of benzene rings is 2. The number of para-hydroxylation sites is 2. The Morgan fingerprint density at radius 2 is 1.56 bits per heavy atom. The molecule has 4 nitrogen and oxygen atoms in total. The minimum atomic E-state index is -0.107. The van der Waals surface area contributed by atoms with Crippen LogP contribution in [0.2, 0.25) is 0 Å². The highest BCUT2D eigenvalue weighted by Gasteiger charge is 2.37. The van der Waals surface area contributed by atoms with Gasteiger partial charge in [-0.1, -0.05) is 43.0 Å². The lowest BCUT2D eigenvalue weighted by Gasteiger charge is -2.40. The number of carbonyl (C=O) groups excluding carboxylic acids is 2. The molecule has 128 valence electrons. The number of piperidine rings is 1. The highest BCUT2D eigenvalue weighted by molar-refractivity contribution is 7.99. The number of urea groups is 1. The zero-order chi connectivity index (χ0) is 17.6. The molecule has 5 heteroatoms. The summed E-state index contributed by atoms with van der Waals surface area (Å²) in [4.78, 5) is 31.3. The van der Waals surface area contributed by atoms with Crippen molar-refractivity contribution in [2.24, 2.45) is 5.92 Å². The molecule has 0 bridgehead atoms. The molecule has 25 heavy (non-hydrogen) atoms. The highest BCUT2D eigenvalue weighted by Crippen LogP contribution is 2.48. The second kappa shape index (κ2) is 6.23. The number of hydrogen-bond donors (Lipinski definition) is 0. The Morgan fingerprint density at radius 1 is 1.00 bits per heavy atom. The summed E-state index contributed by atoms with van der Waals surface area (Å²) in [6.07, 6.45) is 0.429. The highest BCUT2D eigenvalue weighted by atomic mass is 32.2. The predicted octanol–water partition coefficient (Wildman–Crippen LogP) is 4.71. The Labute approximate surface area is 151 Å². The van der Waals surface area contributed by atoms with E-state index in [1.54, 1.807) is 16.7 Å². The summed E-state index contributed by atoms with van der Waals surface area (Å²) in [6.45, 7) is 4.34. The van der Waals surface area contributed by atoms with Crippen LogP contribution < -0.4 is 4.90 Å². The number of hydrogen-bond acceptors (Lipinski definition) is 3. The summed E-state index contributed by atoms with van der Waals surface area (Å²) in [5.74, 6) is 0.136. The van der Waals surface area contributed by atoms with Crippen molar-refractivity contribution in [3.05, 3.63) is 48.5 Å². The van der Waals surface area contributed by atoms with Crippen molar-refractivity contribution in [1.82, 2.24) is 4.90 Å². The van der Waals surface area contributed by atoms with Gasteiger partial charge in [0.15, 0.2) is 0 Å². The zero-order valence-electron chi connectivity index (χ0n) is 14.3. The third-order valence-electron chi connectivity index (χ3n) is 4.92. The number of amides is 2. The summed E-state index contributed by atoms with van der Waals surface area (Å²) in [7, 11) is 0. The van der Waals surface area contributed by atoms with Crippen molar-refractivity contribution in [2.45, 2.75) is 36.1 Å². The lowest BCUT2D eigenvalue weighted by Crippen LogP contribution is -2.52. The molecule has 2 aliphatic heterocycles. The minimum absolute atomic E-state index is 0.0490. The first-order chi connectivity index (χ1) is 12.1. The molecule has 2 heterocycles. The summed E-state index contributed by atoms with van der Waals surface area (Å²) < 4.78 is 0. The third-order valence-corrected chi connectivity index (χ3v) is 6.05. The van der Waals surface area contributed by atoms with Crippen LogP contribution in [0, 0.1) is 5.92 Å². The molecule has 0 aromatic heterocycles. The molecular weight excluding hydrogens is 332 g/mol. The molecule has 0 N–H and O–H groups in total. The molecule has 2 atom stereocenters. The number of fused-ring (bicyclic) bond motifs is 2. The molecule has 2 amide bonds. The summed E-state index contributed by atoms with van der Waals surface area (Å²) >= 11 is 1.69. The average Bonchev–Trinajstić information content (AvgIpc) is 2.62. The van der Waals surface area contributed by atoms with Gasteiger partial charge in [-0.2, -0.15) is 0 Å². The average molecular weight is 352 g/mol. The number of ketones is 1. The Kier molecular flexibility index (Phi) is 4.04. The van der Waals surface area contributed by atoms with Gasteiger partial charge in [0.05, 0.1) is 11.4 Å². The topological polar surface area (TPSA) is 40.6 Å². The van der Waals surface area contributed by atoms with Crippen LogP contribution >= 0.6 is 11.8 Å². The summed E-state index contributed by atoms with van der Waals surface area (Å²) in [5, 5.41) is 0. The molecule has 1 saturated heterocycles. The van der Waals surface area contributed by atoms with Crippen LogP contribution in [0.1, 0.15) is 20.3 Å². The van der Waals surface area contributed by atoms with Crippen molar-refractivity contribution in [1.29, 1.82) is 0 Å². The quantitative estimate of drug-likeness (QED) is 0.689. The van der Waals surface area contributed by atoms with Crippen LogP contribution in [-0.4, -0.2) is 29.3 Å². The molecule has 0 saturated carbocycles. The number of nitrogens with zero attached hydrogens (tertiary/aromatic N) is 2. The van der Waals surface area contributed by atoms with Crippen molar-refractivity contribution in [2.75, 3.05) is 11.4 Å². The molecule has 0 aliphatic carbocycles. The number of rotatable bonds is 0. The lowest BCUT2D eigenvalue weighted by atomic mass is 9.94. The van der Waals surface area contributed by atoms with Gasteiger partial charge in [0.1, 0.15) is 5.78 Å². The van der Waals surface area contributed by atoms with E-state index in [4.69, 9.17) is 0 Å². The van der Waals surface area contributed by atoms with E-state index in [9.17, 15) is 9.59 Å². The molecule has 2 aromatic carbocycles. The SMILES string of the molecule is C[C@@H]1CC(=O)[C@@H](C)CN1C(=O)N1c2ccccc2Sc2ccccc21. The van der Waals surface area contributed by atoms with Crippen LogP contribution in [0.25, 0.3) is 0 Å². The smallest absolute Gasteiger partial charge is 0.320 e. The summed E-state index contributed by atoms with van der Waals surface area (Å²) in [6, 6.07) is 15.8. The van der Waals surface area contributed by atoms with Gasteiger partial charge >= 0.3 is 6.03 Å². The Bertz CT molecular complexity index is 806. The standard InChI is InChI=1S/C20H20N2O2S/c1-13-12-21(14(2)11-17(13)23)20(24)22-15-7-3-5-9-18(15)25-19-10-6-4-8-16(19)22/h3-10,13-14H,11-12H2,1-2H3/t13-,14+/m0/s1. The van der Waals surface area contributed by atoms with E-state index in [1.165, 1.54) is 0 Å². The van der Waals surface area contributed by atoms with Gasteiger partial charge < -0.3 is 4.90 Å². The Morgan fingerprint density at radius 3 is 2.16 bits per heavy atom. The van der Waals surface area contributed by atoms with E-state index in [-0.39, 0.29) is 23.8 Å². The van der Waals surface area contributed by atoms with Gasteiger partial charge in [-0.3, -0.25) is 9.69 Å². The number of likely N-dealkylation sites (tertiary alicyclic amines) is 1. The summed E-state index contributed by atoms with van der Waals surface area (Å²) in [5.41, 5.74) is 1.82. The second-order valence-electron chi connectivity index (χ2n) is 6.73.